The highest BCUT2D eigenvalue weighted by atomic mass is 32.5. The van der Waals surface area contributed by atoms with Gasteiger partial charge in [-0.1, -0.05) is 6.92 Å². The zero-order valence-electron chi connectivity index (χ0n) is 10.6. The van der Waals surface area contributed by atoms with E-state index in [1.165, 1.54) is 19.2 Å². The maximum atomic E-state index is 5.74. The molecular weight excluding hydrogens is 269 g/mol. The largest absolute Gasteiger partial charge is 0.414 e. The van der Waals surface area contributed by atoms with E-state index in [9.17, 15) is 0 Å². The van der Waals surface area contributed by atoms with Crippen molar-refractivity contribution >= 4 is 18.4 Å². The Morgan fingerprint density at radius 3 is 2.83 bits per heavy atom. The lowest BCUT2D eigenvalue weighted by atomic mass is 10.3. The first-order valence-corrected chi connectivity index (χ1v) is 8.82. The molecule has 0 amide bonds. The lowest BCUT2D eigenvalue weighted by molar-refractivity contribution is 0.320. The highest BCUT2D eigenvalue weighted by molar-refractivity contribution is 8.09. The van der Waals surface area contributed by atoms with Crippen LogP contribution in [0.4, 0.5) is 0 Å². The van der Waals surface area contributed by atoms with E-state index in [0.29, 0.717) is 24.9 Å². The molecule has 1 aliphatic rings. The molecular formula is C11H18N3O2PS. The van der Waals surface area contributed by atoms with Crippen molar-refractivity contribution < 1.29 is 9.05 Å². The summed E-state index contributed by atoms with van der Waals surface area (Å²) in [5, 5.41) is 3.09. The number of nitrogens with zero attached hydrogens (tertiary/aromatic N) is 2. The van der Waals surface area contributed by atoms with Crippen molar-refractivity contribution in [1.29, 1.82) is 0 Å². The molecule has 0 radical (unpaired) electrons. The zero-order chi connectivity index (χ0) is 13.0. The molecule has 7 heteroatoms. The average Bonchev–Trinajstić information content (AvgIpc) is 3.13. The molecule has 1 unspecified atom stereocenters. The van der Waals surface area contributed by atoms with E-state index >= 15 is 0 Å². The molecule has 0 aromatic carbocycles. The molecule has 1 aromatic rings. The molecule has 0 aliphatic heterocycles. The van der Waals surface area contributed by atoms with Crippen LogP contribution in [0, 0.1) is 0 Å². The van der Waals surface area contributed by atoms with Crippen molar-refractivity contribution in [2.24, 2.45) is 0 Å². The van der Waals surface area contributed by atoms with E-state index in [1.54, 1.807) is 0 Å². The molecule has 0 spiro atoms. The zero-order valence-corrected chi connectivity index (χ0v) is 12.3. The first-order chi connectivity index (χ1) is 8.67. The van der Waals surface area contributed by atoms with Crippen LogP contribution in [0.25, 0.3) is 0 Å². The Hall–Kier alpha value is -0.550. The van der Waals surface area contributed by atoms with Crippen molar-refractivity contribution in [1.82, 2.24) is 15.1 Å². The van der Waals surface area contributed by atoms with Crippen LogP contribution in [-0.2, 0) is 16.3 Å². The predicted octanol–water partition coefficient (Wildman–Crippen LogP) is 2.60. The number of hydrogen-bond donors (Lipinski definition) is 1. The summed E-state index contributed by atoms with van der Waals surface area (Å²) in [4.78, 5) is 8.36. The van der Waals surface area contributed by atoms with Crippen molar-refractivity contribution in [2.45, 2.75) is 32.6 Å². The normalized spacial score (nSPS) is 18.3. The van der Waals surface area contributed by atoms with Crippen molar-refractivity contribution in [3.63, 3.8) is 0 Å². The quantitative estimate of drug-likeness (QED) is 0.778. The van der Waals surface area contributed by atoms with Gasteiger partial charge in [0.05, 0.1) is 12.3 Å². The molecule has 1 aromatic heterocycles. The molecule has 0 bridgehead atoms. The Morgan fingerprint density at radius 2 is 2.22 bits per heavy atom. The molecule has 1 heterocycles. The Labute approximate surface area is 113 Å². The second kappa shape index (κ2) is 6.06. The maximum Gasteiger partial charge on any atom is 0.314 e. The minimum absolute atomic E-state index is 0.504. The Kier molecular flexibility index (Phi) is 4.67. The van der Waals surface area contributed by atoms with Crippen LogP contribution < -0.4 is 9.61 Å². The third-order valence-corrected chi connectivity index (χ3v) is 5.18. The summed E-state index contributed by atoms with van der Waals surface area (Å²) >= 11 is 5.40. The molecule has 5 nitrogen and oxygen atoms in total. The molecule has 1 saturated carbocycles. The molecule has 2 rings (SSSR count). The standard InChI is InChI=1S/C11H18N3O2PS/c1-3-14-17(18,15-4-2)16-11-7-10(9-5-6-9)12-8-13-11/h7-9H,3-6H2,1-2H3,(H,14,18). The van der Waals surface area contributed by atoms with Crippen LogP contribution in [0.15, 0.2) is 12.4 Å². The van der Waals surface area contributed by atoms with Gasteiger partial charge in [-0.05, 0) is 31.6 Å². The first-order valence-electron chi connectivity index (χ1n) is 6.18. The number of hydrogen-bond acceptors (Lipinski definition) is 5. The summed E-state index contributed by atoms with van der Waals surface area (Å²) in [5.74, 6) is 1.07. The number of rotatable bonds is 7. The van der Waals surface area contributed by atoms with E-state index < -0.39 is 6.64 Å². The van der Waals surface area contributed by atoms with Crippen molar-refractivity contribution in [2.75, 3.05) is 13.2 Å². The van der Waals surface area contributed by atoms with Gasteiger partial charge in [0.15, 0.2) is 0 Å². The third kappa shape index (κ3) is 3.72. The fourth-order valence-corrected chi connectivity index (χ4v) is 3.81. The van der Waals surface area contributed by atoms with Crippen LogP contribution in [0.5, 0.6) is 5.88 Å². The molecule has 0 saturated heterocycles. The van der Waals surface area contributed by atoms with Gasteiger partial charge >= 0.3 is 6.64 Å². The van der Waals surface area contributed by atoms with Gasteiger partial charge in [-0.25, -0.2) is 15.1 Å². The van der Waals surface area contributed by atoms with E-state index in [1.807, 2.05) is 19.9 Å². The van der Waals surface area contributed by atoms with Crippen LogP contribution in [0.2, 0.25) is 0 Å². The minimum Gasteiger partial charge on any atom is -0.414 e. The van der Waals surface area contributed by atoms with Crippen LogP contribution in [0.3, 0.4) is 0 Å². The van der Waals surface area contributed by atoms with Crippen LogP contribution in [0.1, 0.15) is 38.3 Å². The fraction of sp³-hybridized carbons (Fsp3) is 0.636. The van der Waals surface area contributed by atoms with E-state index in [-0.39, 0.29) is 0 Å². The predicted molar refractivity (Wildman–Crippen MR) is 74.2 cm³/mol. The van der Waals surface area contributed by atoms with Gasteiger partial charge in [0.25, 0.3) is 0 Å². The third-order valence-electron chi connectivity index (χ3n) is 2.52. The second-order valence-corrected chi connectivity index (χ2v) is 7.27. The van der Waals surface area contributed by atoms with E-state index in [0.717, 1.165) is 5.69 Å². The van der Waals surface area contributed by atoms with Gasteiger partial charge in [-0.3, -0.25) is 0 Å². The van der Waals surface area contributed by atoms with Crippen molar-refractivity contribution in [3.05, 3.63) is 18.1 Å². The molecule has 1 atom stereocenters. The maximum absolute atomic E-state index is 5.74. The molecule has 1 N–H and O–H groups in total. The van der Waals surface area contributed by atoms with Crippen molar-refractivity contribution in [3.8, 4) is 5.88 Å². The molecule has 1 aliphatic carbocycles. The average molecular weight is 287 g/mol. The summed E-state index contributed by atoms with van der Waals surface area (Å²) in [6.07, 6.45) is 3.92. The SMILES string of the molecule is CCNP(=S)(OCC)Oc1cc(C2CC2)ncn1. The number of aromatic nitrogens is 2. The smallest absolute Gasteiger partial charge is 0.314 e. The fourth-order valence-electron chi connectivity index (χ4n) is 1.60. The van der Waals surface area contributed by atoms with Gasteiger partial charge in [0.2, 0.25) is 5.88 Å². The van der Waals surface area contributed by atoms with E-state index in [4.69, 9.17) is 20.9 Å². The van der Waals surface area contributed by atoms with Crippen LogP contribution in [-0.4, -0.2) is 23.1 Å². The van der Waals surface area contributed by atoms with Gasteiger partial charge in [-0.2, -0.15) is 0 Å². The summed E-state index contributed by atoms with van der Waals surface area (Å²) in [7, 11) is 0. The van der Waals surface area contributed by atoms with E-state index in [2.05, 4.69) is 15.1 Å². The monoisotopic (exact) mass is 287 g/mol. The second-order valence-electron chi connectivity index (χ2n) is 4.07. The van der Waals surface area contributed by atoms with Gasteiger partial charge in [-0.15, -0.1) is 0 Å². The van der Waals surface area contributed by atoms with Gasteiger partial charge in [0.1, 0.15) is 6.33 Å². The summed E-state index contributed by atoms with van der Waals surface area (Å²) in [5.41, 5.74) is 1.04. The highest BCUT2D eigenvalue weighted by Gasteiger charge is 2.26. The summed E-state index contributed by atoms with van der Waals surface area (Å²) in [6, 6.07) is 1.87. The summed E-state index contributed by atoms with van der Waals surface area (Å²) < 4.78 is 11.3. The minimum atomic E-state index is -2.48. The lowest BCUT2D eigenvalue weighted by Gasteiger charge is -2.21. The van der Waals surface area contributed by atoms with Gasteiger partial charge < -0.3 is 9.05 Å². The Morgan fingerprint density at radius 1 is 1.44 bits per heavy atom. The Bertz CT molecular complexity index is 444. The highest BCUT2D eigenvalue weighted by Crippen LogP contribution is 2.45. The lowest BCUT2D eigenvalue weighted by Crippen LogP contribution is -2.16. The molecule has 18 heavy (non-hydrogen) atoms. The first kappa shape index (κ1) is 13.9. The van der Waals surface area contributed by atoms with Gasteiger partial charge in [0, 0.05) is 18.5 Å². The number of nitrogens with one attached hydrogen (secondary N) is 1. The summed E-state index contributed by atoms with van der Waals surface area (Å²) in [6.45, 7) is 2.62. The van der Waals surface area contributed by atoms with Crippen LogP contribution >= 0.6 is 6.64 Å². The molecule has 100 valence electrons. The Balaban J connectivity index is 2.10. The topological polar surface area (TPSA) is 56.3 Å². The molecule has 1 fully saturated rings.